The number of benzene rings is 1. The normalized spacial score (nSPS) is 11.2. The SMILES string of the molecule is CC(=O)OC(C)(C)C(=O)c1cc(F)c(F)c(F)c1. The lowest BCUT2D eigenvalue weighted by molar-refractivity contribution is -0.149. The van der Waals surface area contributed by atoms with Gasteiger partial charge in [0.25, 0.3) is 0 Å². The van der Waals surface area contributed by atoms with Gasteiger partial charge < -0.3 is 4.74 Å². The van der Waals surface area contributed by atoms with Crippen molar-refractivity contribution in [3.63, 3.8) is 0 Å². The first-order valence-corrected chi connectivity index (χ1v) is 5.04. The quantitative estimate of drug-likeness (QED) is 0.476. The molecule has 0 saturated carbocycles. The highest BCUT2D eigenvalue weighted by atomic mass is 19.2. The van der Waals surface area contributed by atoms with Crippen LogP contribution in [0.2, 0.25) is 0 Å². The molecule has 0 bridgehead atoms. The summed E-state index contributed by atoms with van der Waals surface area (Å²) in [4.78, 5) is 22.7. The molecule has 0 saturated heterocycles. The van der Waals surface area contributed by atoms with Crippen LogP contribution in [0.1, 0.15) is 31.1 Å². The van der Waals surface area contributed by atoms with Gasteiger partial charge in [-0.2, -0.15) is 0 Å². The maximum Gasteiger partial charge on any atom is 0.303 e. The summed E-state index contributed by atoms with van der Waals surface area (Å²) in [6, 6.07) is 1.12. The Labute approximate surface area is 102 Å². The summed E-state index contributed by atoms with van der Waals surface area (Å²) < 4.78 is 43.4. The molecular weight excluding hydrogens is 249 g/mol. The number of carbonyl (C=O) groups is 2. The van der Waals surface area contributed by atoms with Crippen LogP contribution in [0, 0.1) is 17.5 Å². The molecule has 0 aliphatic carbocycles. The van der Waals surface area contributed by atoms with Gasteiger partial charge in [0.1, 0.15) is 0 Å². The first-order chi connectivity index (χ1) is 8.15. The van der Waals surface area contributed by atoms with Gasteiger partial charge in [-0.3, -0.25) is 9.59 Å². The second-order valence-electron chi connectivity index (χ2n) is 4.19. The summed E-state index contributed by atoms with van der Waals surface area (Å²) >= 11 is 0. The van der Waals surface area contributed by atoms with Crippen LogP contribution in [-0.4, -0.2) is 17.4 Å². The largest absolute Gasteiger partial charge is 0.451 e. The van der Waals surface area contributed by atoms with Crippen molar-refractivity contribution in [3.8, 4) is 0 Å². The Morgan fingerprint density at radius 1 is 1.11 bits per heavy atom. The molecule has 0 fully saturated rings. The first kappa shape index (κ1) is 14.2. The molecule has 1 aromatic rings. The second-order valence-corrected chi connectivity index (χ2v) is 4.19. The predicted molar refractivity (Wildman–Crippen MR) is 56.5 cm³/mol. The van der Waals surface area contributed by atoms with Gasteiger partial charge >= 0.3 is 5.97 Å². The zero-order valence-electron chi connectivity index (χ0n) is 10.0. The van der Waals surface area contributed by atoms with E-state index >= 15 is 0 Å². The average molecular weight is 260 g/mol. The minimum atomic E-state index is -1.66. The standard InChI is InChI=1S/C12H11F3O3/c1-6(16)18-12(2,3)11(17)7-4-8(13)10(15)9(14)5-7/h4-5H,1-3H3. The van der Waals surface area contributed by atoms with Crippen molar-refractivity contribution < 1.29 is 27.5 Å². The van der Waals surface area contributed by atoms with Gasteiger partial charge in [-0.15, -0.1) is 0 Å². The number of ether oxygens (including phenoxy) is 1. The number of Topliss-reactive ketones (excluding diaryl/α,β-unsaturated/α-hetero) is 1. The molecule has 0 aromatic heterocycles. The van der Waals surface area contributed by atoms with Crippen LogP contribution in [0.3, 0.4) is 0 Å². The number of ketones is 1. The third kappa shape index (κ3) is 2.88. The molecule has 0 unspecified atom stereocenters. The van der Waals surface area contributed by atoms with E-state index in [1.54, 1.807) is 0 Å². The molecule has 0 amide bonds. The van der Waals surface area contributed by atoms with E-state index in [1.807, 2.05) is 0 Å². The van der Waals surface area contributed by atoms with Crippen LogP contribution in [0.15, 0.2) is 12.1 Å². The van der Waals surface area contributed by atoms with E-state index in [0.717, 1.165) is 6.92 Å². The van der Waals surface area contributed by atoms with Crippen LogP contribution in [0.25, 0.3) is 0 Å². The molecule has 0 aliphatic rings. The minimum Gasteiger partial charge on any atom is -0.451 e. The zero-order chi connectivity index (χ0) is 14.1. The Bertz CT molecular complexity index is 486. The molecule has 1 rings (SSSR count). The van der Waals surface area contributed by atoms with E-state index in [4.69, 9.17) is 4.74 Å². The third-order valence-corrected chi connectivity index (χ3v) is 2.19. The Kier molecular flexibility index (Phi) is 3.79. The van der Waals surface area contributed by atoms with E-state index < -0.39 is 40.4 Å². The number of hydrogen-bond donors (Lipinski definition) is 0. The number of rotatable bonds is 3. The molecule has 0 radical (unpaired) electrons. The fourth-order valence-electron chi connectivity index (χ4n) is 1.44. The molecule has 0 aliphatic heterocycles. The van der Waals surface area contributed by atoms with Crippen molar-refractivity contribution in [3.05, 3.63) is 35.1 Å². The Morgan fingerprint density at radius 2 is 1.56 bits per heavy atom. The molecule has 1 aromatic carbocycles. The number of esters is 1. The highest BCUT2D eigenvalue weighted by Crippen LogP contribution is 2.21. The maximum absolute atomic E-state index is 13.0. The van der Waals surface area contributed by atoms with E-state index in [0.29, 0.717) is 12.1 Å². The van der Waals surface area contributed by atoms with Gasteiger partial charge in [0.2, 0.25) is 5.78 Å². The van der Waals surface area contributed by atoms with Crippen molar-refractivity contribution in [1.29, 1.82) is 0 Å². The van der Waals surface area contributed by atoms with Crippen LogP contribution in [0.5, 0.6) is 0 Å². The Hall–Kier alpha value is -1.85. The van der Waals surface area contributed by atoms with Crippen LogP contribution >= 0.6 is 0 Å². The van der Waals surface area contributed by atoms with E-state index in [-0.39, 0.29) is 0 Å². The maximum atomic E-state index is 13.0. The highest BCUT2D eigenvalue weighted by Gasteiger charge is 2.33. The Balaban J connectivity index is 3.15. The summed E-state index contributed by atoms with van der Waals surface area (Å²) in [5.41, 5.74) is -1.99. The second kappa shape index (κ2) is 4.80. The number of hydrogen-bond acceptors (Lipinski definition) is 3. The smallest absolute Gasteiger partial charge is 0.303 e. The summed E-state index contributed by atoms with van der Waals surface area (Å²) in [6.07, 6.45) is 0. The Morgan fingerprint density at radius 3 is 1.94 bits per heavy atom. The van der Waals surface area contributed by atoms with Crippen molar-refractivity contribution in [2.75, 3.05) is 0 Å². The van der Waals surface area contributed by atoms with Crippen LogP contribution in [-0.2, 0) is 9.53 Å². The molecule has 0 atom stereocenters. The van der Waals surface area contributed by atoms with Gasteiger partial charge in [0.15, 0.2) is 23.1 Å². The topological polar surface area (TPSA) is 43.4 Å². The van der Waals surface area contributed by atoms with Crippen molar-refractivity contribution in [2.45, 2.75) is 26.4 Å². The lowest BCUT2D eigenvalue weighted by Gasteiger charge is -2.22. The monoisotopic (exact) mass is 260 g/mol. The average Bonchev–Trinajstić information content (AvgIpc) is 2.22. The summed E-state index contributed by atoms with van der Waals surface area (Å²) in [6.45, 7) is 3.65. The van der Waals surface area contributed by atoms with E-state index in [9.17, 15) is 22.8 Å². The van der Waals surface area contributed by atoms with Gasteiger partial charge in [0.05, 0.1) is 0 Å². The molecule has 18 heavy (non-hydrogen) atoms. The van der Waals surface area contributed by atoms with Gasteiger partial charge in [-0.1, -0.05) is 0 Å². The first-order valence-electron chi connectivity index (χ1n) is 5.04. The summed E-state index contributed by atoms with van der Waals surface area (Å²) in [5.74, 6) is -6.14. The molecular formula is C12H11F3O3. The van der Waals surface area contributed by atoms with Crippen molar-refractivity contribution in [2.24, 2.45) is 0 Å². The van der Waals surface area contributed by atoms with Crippen molar-refractivity contribution in [1.82, 2.24) is 0 Å². The minimum absolute atomic E-state index is 0.405. The molecule has 98 valence electrons. The number of halogens is 3. The summed E-state index contributed by atoms with van der Waals surface area (Å²) in [5, 5.41) is 0. The van der Waals surface area contributed by atoms with Gasteiger partial charge in [-0.05, 0) is 26.0 Å². The highest BCUT2D eigenvalue weighted by molar-refractivity contribution is 6.02. The summed E-state index contributed by atoms with van der Waals surface area (Å²) in [7, 11) is 0. The zero-order valence-corrected chi connectivity index (χ0v) is 10.0. The predicted octanol–water partition coefficient (Wildman–Crippen LogP) is 2.63. The van der Waals surface area contributed by atoms with Gasteiger partial charge in [-0.25, -0.2) is 13.2 Å². The van der Waals surface area contributed by atoms with Gasteiger partial charge in [0, 0.05) is 12.5 Å². The molecule has 0 heterocycles. The van der Waals surface area contributed by atoms with E-state index in [1.165, 1.54) is 13.8 Å². The molecule has 3 nitrogen and oxygen atoms in total. The lowest BCUT2D eigenvalue weighted by Crippen LogP contribution is -2.36. The van der Waals surface area contributed by atoms with Crippen molar-refractivity contribution >= 4 is 11.8 Å². The van der Waals surface area contributed by atoms with Crippen LogP contribution < -0.4 is 0 Å². The van der Waals surface area contributed by atoms with Crippen LogP contribution in [0.4, 0.5) is 13.2 Å². The fraction of sp³-hybridized carbons (Fsp3) is 0.333. The lowest BCUT2D eigenvalue weighted by atomic mass is 9.96. The van der Waals surface area contributed by atoms with E-state index in [2.05, 4.69) is 0 Å². The molecule has 6 heteroatoms. The third-order valence-electron chi connectivity index (χ3n) is 2.19. The number of carbonyl (C=O) groups excluding carboxylic acids is 2. The fourth-order valence-corrected chi connectivity index (χ4v) is 1.44. The molecule has 0 N–H and O–H groups in total. The molecule has 0 spiro atoms.